The molecule has 0 atom stereocenters. The van der Waals surface area contributed by atoms with Crippen LogP contribution in [0.4, 0.5) is 0 Å². The van der Waals surface area contributed by atoms with Gasteiger partial charge in [0, 0.05) is 23.5 Å². The molecule has 0 bridgehead atoms. The lowest BCUT2D eigenvalue weighted by molar-refractivity contribution is -0.153. The van der Waals surface area contributed by atoms with Gasteiger partial charge in [0.25, 0.3) is 5.56 Å². The molecule has 0 spiro atoms. The predicted octanol–water partition coefficient (Wildman–Crippen LogP) is 5.74. The van der Waals surface area contributed by atoms with E-state index in [1.54, 1.807) is 12.1 Å². The van der Waals surface area contributed by atoms with Gasteiger partial charge in [0.05, 0.1) is 23.2 Å². The molecule has 1 aromatic carbocycles. The summed E-state index contributed by atoms with van der Waals surface area (Å²) in [4.78, 5) is 25.7. The first-order chi connectivity index (χ1) is 17.3. The van der Waals surface area contributed by atoms with Crippen molar-refractivity contribution in [1.82, 2.24) is 19.4 Å². The van der Waals surface area contributed by atoms with E-state index in [2.05, 4.69) is 0 Å². The van der Waals surface area contributed by atoms with Crippen molar-refractivity contribution in [2.75, 3.05) is 0 Å². The Morgan fingerprint density at radius 2 is 1.69 bits per heavy atom. The Bertz CT molecular complexity index is 1510. The molecule has 0 radical (unpaired) electrons. The average Bonchev–Trinajstić information content (AvgIpc) is 3.24. The molecule has 184 valence electrons. The Morgan fingerprint density at radius 1 is 0.944 bits per heavy atom. The van der Waals surface area contributed by atoms with Gasteiger partial charge in [0.2, 0.25) is 0 Å². The van der Waals surface area contributed by atoms with Crippen LogP contribution in [-0.2, 0) is 9.53 Å². The fourth-order valence-corrected chi connectivity index (χ4v) is 4.74. The van der Waals surface area contributed by atoms with Gasteiger partial charge in [-0.2, -0.15) is 10.2 Å². The molecule has 0 amide bonds. The third-order valence-electron chi connectivity index (χ3n) is 6.23. The van der Waals surface area contributed by atoms with Crippen molar-refractivity contribution in [2.45, 2.75) is 58.5 Å². The normalized spacial score (nSPS) is 14.3. The Morgan fingerprint density at radius 3 is 2.47 bits per heavy atom. The summed E-state index contributed by atoms with van der Waals surface area (Å²) >= 11 is 0. The minimum atomic E-state index is -0.557. The maximum Gasteiger partial charge on any atom is 0.310 e. The molecule has 0 saturated heterocycles. The van der Waals surface area contributed by atoms with E-state index in [-0.39, 0.29) is 17.9 Å². The van der Waals surface area contributed by atoms with E-state index in [9.17, 15) is 9.59 Å². The molecule has 7 nitrogen and oxygen atoms in total. The Balaban J connectivity index is 1.64. The minimum Gasteiger partial charge on any atom is -0.460 e. The maximum absolute atomic E-state index is 13.0. The van der Waals surface area contributed by atoms with Crippen molar-refractivity contribution in [3.63, 3.8) is 0 Å². The Hall–Kier alpha value is -4.00. The number of allylic oxidation sites excluding steroid dienone is 1. The molecule has 7 heteroatoms. The molecule has 0 fully saturated rings. The van der Waals surface area contributed by atoms with E-state index in [0.29, 0.717) is 12.1 Å². The minimum absolute atomic E-state index is 0.164. The summed E-state index contributed by atoms with van der Waals surface area (Å²) in [5, 5.41) is 9.68. The van der Waals surface area contributed by atoms with E-state index in [1.807, 2.05) is 80.0 Å². The van der Waals surface area contributed by atoms with Crippen molar-refractivity contribution in [3.05, 3.63) is 82.8 Å². The Kier molecular flexibility index (Phi) is 6.31. The first-order valence-electron chi connectivity index (χ1n) is 12.4. The lowest BCUT2D eigenvalue weighted by Crippen LogP contribution is -2.26. The zero-order chi connectivity index (χ0) is 25.3. The molecule has 36 heavy (non-hydrogen) atoms. The van der Waals surface area contributed by atoms with Crippen LogP contribution < -0.4 is 5.56 Å². The number of aromatic nitrogens is 4. The molecule has 1 aliphatic carbocycles. The van der Waals surface area contributed by atoms with Gasteiger partial charge >= 0.3 is 5.97 Å². The summed E-state index contributed by atoms with van der Waals surface area (Å²) in [6.45, 7) is 5.57. The fraction of sp³-hybridized carbons (Fsp3) is 0.310. The number of rotatable bonds is 5. The molecular weight excluding hydrogens is 452 g/mol. The zero-order valence-corrected chi connectivity index (χ0v) is 20.9. The molecule has 0 aliphatic heterocycles. The van der Waals surface area contributed by atoms with Crippen LogP contribution in [0.3, 0.4) is 0 Å². The second kappa shape index (κ2) is 9.57. The summed E-state index contributed by atoms with van der Waals surface area (Å²) in [5.74, 6) is -0.282. The van der Waals surface area contributed by atoms with Crippen LogP contribution in [0.1, 0.15) is 52.9 Å². The van der Waals surface area contributed by atoms with E-state index in [0.717, 1.165) is 52.9 Å². The van der Waals surface area contributed by atoms with Crippen LogP contribution in [-0.4, -0.2) is 31.0 Å². The van der Waals surface area contributed by atoms with Gasteiger partial charge in [-0.25, -0.2) is 9.20 Å². The molecular formula is C29H30N4O3. The number of hydrogen-bond acceptors (Lipinski definition) is 5. The van der Waals surface area contributed by atoms with Gasteiger partial charge < -0.3 is 4.74 Å². The van der Waals surface area contributed by atoms with Crippen molar-refractivity contribution in [1.29, 1.82) is 0 Å². The molecule has 5 rings (SSSR count). The number of ether oxygens (including phenoxy) is 1. The van der Waals surface area contributed by atoms with Crippen molar-refractivity contribution >= 4 is 17.2 Å². The maximum atomic E-state index is 13.0. The number of pyridine rings is 1. The summed E-state index contributed by atoms with van der Waals surface area (Å²) in [7, 11) is 0. The average molecular weight is 483 g/mol. The number of carbonyl (C=O) groups excluding carboxylic acids is 1. The first kappa shape index (κ1) is 23.7. The van der Waals surface area contributed by atoms with Crippen molar-refractivity contribution in [2.24, 2.45) is 0 Å². The van der Waals surface area contributed by atoms with Gasteiger partial charge in [0.1, 0.15) is 11.3 Å². The standard InChI is InChI=1S/C29H30N4O3/c1-29(2,3)36-26(35)19-21-13-7-8-14-23(21)33-25(34)17-16-22(30-33)27-24-15-9-10-18-32(24)31-28(27)20-11-5-4-6-12-20/h4-6,9-12,15-18H,7-8,13-14,19H2,1-3H3. The lowest BCUT2D eigenvalue weighted by atomic mass is 9.94. The van der Waals surface area contributed by atoms with Crippen LogP contribution >= 0.6 is 0 Å². The molecule has 1 aliphatic rings. The molecule has 0 N–H and O–H groups in total. The van der Waals surface area contributed by atoms with Crippen LogP contribution in [0, 0.1) is 0 Å². The summed E-state index contributed by atoms with van der Waals surface area (Å²) < 4.78 is 8.88. The number of esters is 1. The van der Waals surface area contributed by atoms with Crippen LogP contribution in [0.25, 0.3) is 33.7 Å². The third-order valence-corrected chi connectivity index (χ3v) is 6.23. The summed E-state index contributed by atoms with van der Waals surface area (Å²) in [5.41, 5.74) is 5.14. The van der Waals surface area contributed by atoms with Gasteiger partial charge in [0.15, 0.2) is 0 Å². The monoisotopic (exact) mass is 482 g/mol. The van der Waals surface area contributed by atoms with Crippen molar-refractivity contribution < 1.29 is 9.53 Å². The van der Waals surface area contributed by atoms with Crippen molar-refractivity contribution in [3.8, 4) is 22.5 Å². The van der Waals surface area contributed by atoms with E-state index in [4.69, 9.17) is 14.9 Å². The third kappa shape index (κ3) is 4.87. The second-order valence-corrected chi connectivity index (χ2v) is 10.1. The van der Waals surface area contributed by atoms with Gasteiger partial charge in [-0.1, -0.05) is 36.4 Å². The predicted molar refractivity (Wildman–Crippen MR) is 140 cm³/mol. The molecule has 0 saturated carbocycles. The largest absolute Gasteiger partial charge is 0.460 e. The highest BCUT2D eigenvalue weighted by atomic mass is 16.6. The molecule has 0 unspecified atom stereocenters. The van der Waals surface area contributed by atoms with E-state index in [1.165, 1.54) is 4.68 Å². The SMILES string of the molecule is CC(C)(C)OC(=O)CC1=C(n2nc(-c3c(-c4ccccc4)nn4ccccc34)ccc2=O)CCCC1. The number of nitrogens with zero attached hydrogens (tertiary/aromatic N) is 4. The number of hydrogen-bond donors (Lipinski definition) is 0. The van der Waals surface area contributed by atoms with Crippen LogP contribution in [0.2, 0.25) is 0 Å². The fourth-order valence-electron chi connectivity index (χ4n) is 4.74. The molecule has 3 aromatic heterocycles. The van der Waals surface area contributed by atoms with E-state index < -0.39 is 5.60 Å². The highest BCUT2D eigenvalue weighted by molar-refractivity contribution is 5.90. The number of fused-ring (bicyclic) bond motifs is 1. The number of carbonyl (C=O) groups is 1. The lowest BCUT2D eigenvalue weighted by Gasteiger charge is -2.23. The van der Waals surface area contributed by atoms with Gasteiger partial charge in [-0.05, 0) is 70.2 Å². The van der Waals surface area contributed by atoms with Gasteiger partial charge in [-0.15, -0.1) is 0 Å². The second-order valence-electron chi connectivity index (χ2n) is 10.1. The van der Waals surface area contributed by atoms with Crippen LogP contribution in [0.15, 0.2) is 77.2 Å². The summed E-state index contributed by atoms with van der Waals surface area (Å²) in [6, 6.07) is 19.2. The molecule has 4 aromatic rings. The van der Waals surface area contributed by atoms with E-state index >= 15 is 0 Å². The zero-order valence-electron chi connectivity index (χ0n) is 20.9. The number of benzene rings is 1. The molecule has 3 heterocycles. The highest BCUT2D eigenvalue weighted by Gasteiger charge is 2.24. The quantitative estimate of drug-likeness (QED) is 0.339. The Labute approximate surface area is 210 Å². The van der Waals surface area contributed by atoms with Crippen LogP contribution in [0.5, 0.6) is 0 Å². The first-order valence-corrected chi connectivity index (χ1v) is 12.4. The van der Waals surface area contributed by atoms with Gasteiger partial charge in [-0.3, -0.25) is 9.59 Å². The topological polar surface area (TPSA) is 78.5 Å². The smallest absolute Gasteiger partial charge is 0.310 e. The summed E-state index contributed by atoms with van der Waals surface area (Å²) in [6.07, 6.45) is 5.42. The highest BCUT2D eigenvalue weighted by Crippen LogP contribution is 2.35.